The summed E-state index contributed by atoms with van der Waals surface area (Å²) >= 11 is 0. The van der Waals surface area contributed by atoms with Gasteiger partial charge in [0.25, 0.3) is 0 Å². The summed E-state index contributed by atoms with van der Waals surface area (Å²) in [5.74, 6) is -0.782. The highest BCUT2D eigenvalue weighted by Gasteiger charge is 2.38. The van der Waals surface area contributed by atoms with Crippen molar-refractivity contribution in [3.8, 4) is 0 Å². The Morgan fingerprint density at radius 2 is 1.56 bits per heavy atom. The van der Waals surface area contributed by atoms with Crippen LogP contribution in [0.15, 0.2) is 67.3 Å². The first-order chi connectivity index (χ1) is 13.1. The lowest BCUT2D eigenvalue weighted by atomic mass is 9.84. The third-order valence-corrected chi connectivity index (χ3v) is 4.96. The standard InChI is InChI=1S/C23H17NO3/c1-3-13-24-14(2)18(21(25)15-9-5-4-6-10-15)19-20(24)23(27)17-12-8-7-11-16(17)22(19)26/h3-12H,1,13H2,2H3. The molecule has 0 N–H and O–H groups in total. The molecule has 4 rings (SSSR count). The molecular formula is C23H17NO3. The van der Waals surface area contributed by atoms with Gasteiger partial charge in [-0.25, -0.2) is 0 Å². The smallest absolute Gasteiger partial charge is 0.210 e. The van der Waals surface area contributed by atoms with Crippen molar-refractivity contribution >= 4 is 17.3 Å². The van der Waals surface area contributed by atoms with E-state index >= 15 is 0 Å². The largest absolute Gasteiger partial charge is 0.337 e. The normalized spacial score (nSPS) is 12.5. The number of fused-ring (bicyclic) bond motifs is 2. The number of rotatable bonds is 4. The van der Waals surface area contributed by atoms with Crippen molar-refractivity contribution in [2.24, 2.45) is 0 Å². The molecule has 0 amide bonds. The van der Waals surface area contributed by atoms with Gasteiger partial charge in [0, 0.05) is 28.9 Å². The summed E-state index contributed by atoms with van der Waals surface area (Å²) in [7, 11) is 0. The summed E-state index contributed by atoms with van der Waals surface area (Å²) in [6, 6.07) is 15.5. The molecule has 0 spiro atoms. The van der Waals surface area contributed by atoms with Crippen molar-refractivity contribution in [3.63, 3.8) is 0 Å². The van der Waals surface area contributed by atoms with E-state index in [2.05, 4.69) is 6.58 Å². The van der Waals surface area contributed by atoms with Crippen LogP contribution in [0.4, 0.5) is 0 Å². The molecule has 1 heterocycles. The molecule has 4 nitrogen and oxygen atoms in total. The first-order valence-corrected chi connectivity index (χ1v) is 8.68. The highest BCUT2D eigenvalue weighted by molar-refractivity contribution is 6.32. The second kappa shape index (κ2) is 6.32. The van der Waals surface area contributed by atoms with Gasteiger partial charge in [0.15, 0.2) is 11.6 Å². The fourth-order valence-electron chi connectivity index (χ4n) is 3.70. The van der Waals surface area contributed by atoms with E-state index in [4.69, 9.17) is 0 Å². The van der Waals surface area contributed by atoms with E-state index in [9.17, 15) is 14.4 Å². The number of hydrogen-bond donors (Lipinski definition) is 0. The summed E-state index contributed by atoms with van der Waals surface area (Å²) in [5.41, 5.74) is 2.57. The maximum absolute atomic E-state index is 13.2. The molecular weight excluding hydrogens is 338 g/mol. The second-order valence-electron chi connectivity index (χ2n) is 6.48. The van der Waals surface area contributed by atoms with Crippen LogP contribution in [-0.2, 0) is 6.54 Å². The molecule has 0 bridgehead atoms. The number of ketones is 3. The summed E-state index contributed by atoms with van der Waals surface area (Å²) < 4.78 is 1.72. The minimum absolute atomic E-state index is 0.201. The Balaban J connectivity index is 2.03. The van der Waals surface area contributed by atoms with Gasteiger partial charge in [0.05, 0.1) is 11.1 Å². The van der Waals surface area contributed by atoms with Gasteiger partial charge in [-0.1, -0.05) is 60.7 Å². The van der Waals surface area contributed by atoms with Gasteiger partial charge < -0.3 is 4.57 Å². The Kier molecular flexibility index (Phi) is 3.96. The molecule has 2 aromatic carbocycles. The fraction of sp³-hybridized carbons (Fsp3) is 0.0870. The van der Waals surface area contributed by atoms with E-state index in [-0.39, 0.29) is 28.6 Å². The highest BCUT2D eigenvalue weighted by atomic mass is 16.1. The number of aromatic nitrogens is 1. The highest BCUT2D eigenvalue weighted by Crippen LogP contribution is 2.34. The van der Waals surface area contributed by atoms with Crippen molar-refractivity contribution in [1.82, 2.24) is 4.57 Å². The van der Waals surface area contributed by atoms with E-state index in [1.54, 1.807) is 66.1 Å². The molecule has 1 aliphatic rings. The first-order valence-electron chi connectivity index (χ1n) is 8.68. The molecule has 0 aliphatic heterocycles. The molecule has 0 unspecified atom stereocenters. The maximum Gasteiger partial charge on any atom is 0.210 e. The number of nitrogens with zero attached hydrogens (tertiary/aromatic N) is 1. The van der Waals surface area contributed by atoms with Crippen LogP contribution >= 0.6 is 0 Å². The molecule has 0 radical (unpaired) electrons. The van der Waals surface area contributed by atoms with Gasteiger partial charge in [-0.15, -0.1) is 6.58 Å². The number of hydrogen-bond acceptors (Lipinski definition) is 3. The van der Waals surface area contributed by atoms with E-state index in [1.165, 1.54) is 0 Å². The Hall–Kier alpha value is -3.53. The lowest BCUT2D eigenvalue weighted by molar-refractivity contribution is 0.0969. The number of allylic oxidation sites excluding steroid dienone is 1. The zero-order valence-electron chi connectivity index (χ0n) is 14.9. The number of carbonyl (C=O) groups excluding carboxylic acids is 3. The molecule has 3 aromatic rings. The van der Waals surface area contributed by atoms with Gasteiger partial charge in [-0.2, -0.15) is 0 Å². The molecule has 0 saturated heterocycles. The Morgan fingerprint density at radius 3 is 2.19 bits per heavy atom. The maximum atomic E-state index is 13.2. The lowest BCUT2D eigenvalue weighted by Crippen LogP contribution is -2.24. The third kappa shape index (κ3) is 2.41. The van der Waals surface area contributed by atoms with Crippen LogP contribution in [0.2, 0.25) is 0 Å². The van der Waals surface area contributed by atoms with Crippen LogP contribution in [0.5, 0.6) is 0 Å². The average Bonchev–Trinajstić information content (AvgIpc) is 2.99. The predicted molar refractivity (Wildman–Crippen MR) is 103 cm³/mol. The van der Waals surface area contributed by atoms with Crippen molar-refractivity contribution in [2.75, 3.05) is 0 Å². The summed E-state index contributed by atoms with van der Waals surface area (Å²) in [6.45, 7) is 5.86. The zero-order chi connectivity index (χ0) is 19.1. The van der Waals surface area contributed by atoms with Crippen molar-refractivity contribution in [2.45, 2.75) is 13.5 Å². The van der Waals surface area contributed by atoms with E-state index in [0.29, 0.717) is 34.5 Å². The van der Waals surface area contributed by atoms with Gasteiger partial charge in [0.2, 0.25) is 5.78 Å². The molecule has 0 atom stereocenters. The predicted octanol–water partition coefficient (Wildman–Crippen LogP) is 3.99. The molecule has 1 aromatic heterocycles. The molecule has 132 valence electrons. The van der Waals surface area contributed by atoms with E-state index in [0.717, 1.165) is 0 Å². The monoisotopic (exact) mass is 355 g/mol. The van der Waals surface area contributed by atoms with Gasteiger partial charge in [-0.05, 0) is 6.92 Å². The van der Waals surface area contributed by atoms with Crippen LogP contribution in [0.1, 0.15) is 53.6 Å². The zero-order valence-corrected chi connectivity index (χ0v) is 14.9. The molecule has 4 heteroatoms. The minimum atomic E-state index is -0.287. The summed E-state index contributed by atoms with van der Waals surface area (Å²) in [4.78, 5) is 39.6. The quantitative estimate of drug-likeness (QED) is 0.411. The Morgan fingerprint density at radius 1 is 0.963 bits per heavy atom. The SMILES string of the molecule is C=CCn1c(C)c(C(=O)c2ccccc2)c2c1C(=O)c1ccccc1C2=O. The lowest BCUT2D eigenvalue weighted by Gasteiger charge is -2.17. The molecule has 27 heavy (non-hydrogen) atoms. The minimum Gasteiger partial charge on any atom is -0.337 e. The first kappa shape index (κ1) is 16.9. The Labute approximate surface area is 156 Å². The molecule has 0 saturated carbocycles. The van der Waals surface area contributed by atoms with Gasteiger partial charge in [-0.3, -0.25) is 14.4 Å². The number of benzene rings is 2. The summed E-state index contributed by atoms with van der Waals surface area (Å²) in [6.07, 6.45) is 1.66. The van der Waals surface area contributed by atoms with Crippen LogP contribution < -0.4 is 0 Å². The summed E-state index contributed by atoms with van der Waals surface area (Å²) in [5, 5.41) is 0. The van der Waals surface area contributed by atoms with Crippen molar-refractivity contribution in [1.29, 1.82) is 0 Å². The molecule has 0 fully saturated rings. The van der Waals surface area contributed by atoms with Crippen LogP contribution in [-0.4, -0.2) is 21.9 Å². The third-order valence-electron chi connectivity index (χ3n) is 4.96. The second-order valence-corrected chi connectivity index (χ2v) is 6.48. The average molecular weight is 355 g/mol. The van der Waals surface area contributed by atoms with Crippen molar-refractivity contribution < 1.29 is 14.4 Å². The van der Waals surface area contributed by atoms with E-state index in [1.807, 2.05) is 6.07 Å². The van der Waals surface area contributed by atoms with Crippen LogP contribution in [0, 0.1) is 6.92 Å². The van der Waals surface area contributed by atoms with Gasteiger partial charge >= 0.3 is 0 Å². The molecule has 1 aliphatic carbocycles. The fourth-order valence-corrected chi connectivity index (χ4v) is 3.70. The van der Waals surface area contributed by atoms with Gasteiger partial charge in [0.1, 0.15) is 5.69 Å². The Bertz CT molecular complexity index is 1120. The topological polar surface area (TPSA) is 56.1 Å². The van der Waals surface area contributed by atoms with E-state index < -0.39 is 0 Å². The van der Waals surface area contributed by atoms with Crippen LogP contribution in [0.3, 0.4) is 0 Å². The van der Waals surface area contributed by atoms with Crippen LogP contribution in [0.25, 0.3) is 0 Å². The number of carbonyl (C=O) groups is 3. The van der Waals surface area contributed by atoms with Crippen molar-refractivity contribution in [3.05, 3.63) is 106 Å².